The number of unbranched alkanes of at least 4 members (excludes halogenated alkanes) is 1. The number of aryl methyl sites for hydroxylation is 1. The van der Waals surface area contributed by atoms with E-state index in [1.165, 1.54) is 41.3 Å². The van der Waals surface area contributed by atoms with Crippen molar-refractivity contribution in [3.63, 3.8) is 0 Å². The van der Waals surface area contributed by atoms with Gasteiger partial charge >= 0.3 is 0 Å². The monoisotopic (exact) mass is 308 g/mol. The van der Waals surface area contributed by atoms with E-state index in [2.05, 4.69) is 29.4 Å². The van der Waals surface area contributed by atoms with Gasteiger partial charge in [0.1, 0.15) is 0 Å². The lowest BCUT2D eigenvalue weighted by molar-refractivity contribution is 0.831. The summed E-state index contributed by atoms with van der Waals surface area (Å²) in [5.74, 6) is 0.668. The van der Waals surface area contributed by atoms with E-state index in [-0.39, 0.29) is 0 Å². The molecule has 2 aromatic rings. The Morgan fingerprint density at radius 2 is 2.05 bits per heavy atom. The van der Waals surface area contributed by atoms with Crippen molar-refractivity contribution in [3.8, 4) is 9.88 Å². The van der Waals surface area contributed by atoms with Gasteiger partial charge in [-0.1, -0.05) is 31.6 Å². The maximum absolute atomic E-state index is 4.79. The summed E-state index contributed by atoms with van der Waals surface area (Å²) in [6, 6.07) is 0. The highest BCUT2D eigenvalue weighted by Crippen LogP contribution is 2.46. The van der Waals surface area contributed by atoms with Crippen molar-refractivity contribution in [2.75, 3.05) is 11.9 Å². The second kappa shape index (κ2) is 6.18. The first-order valence-corrected chi connectivity index (χ1v) is 9.02. The van der Waals surface area contributed by atoms with Crippen molar-refractivity contribution in [1.82, 2.24) is 15.2 Å². The van der Waals surface area contributed by atoms with Crippen molar-refractivity contribution in [1.29, 1.82) is 0 Å². The van der Waals surface area contributed by atoms with Crippen LogP contribution in [-0.2, 0) is 6.42 Å². The number of rotatable bonds is 7. The lowest BCUT2D eigenvalue weighted by Crippen LogP contribution is -1.99. The number of hydrogen-bond acceptors (Lipinski definition) is 6. The van der Waals surface area contributed by atoms with Crippen LogP contribution < -0.4 is 5.32 Å². The van der Waals surface area contributed by atoms with Gasteiger partial charge < -0.3 is 5.32 Å². The molecule has 0 radical (unpaired) electrons. The molecule has 2 heterocycles. The molecule has 1 aliphatic carbocycles. The van der Waals surface area contributed by atoms with Gasteiger partial charge in [0.2, 0.25) is 5.13 Å². The van der Waals surface area contributed by atoms with Crippen molar-refractivity contribution < 1.29 is 0 Å². The summed E-state index contributed by atoms with van der Waals surface area (Å²) in [6.07, 6.45) is 5.92. The summed E-state index contributed by atoms with van der Waals surface area (Å²) in [4.78, 5) is 6.04. The molecule has 1 saturated carbocycles. The molecule has 1 N–H and O–H groups in total. The van der Waals surface area contributed by atoms with Crippen molar-refractivity contribution in [2.45, 2.75) is 51.9 Å². The SMILES string of the molecule is CCCCNc1nnc(-c2sc(CC)nc2C2CC2)s1. The first-order valence-electron chi connectivity index (χ1n) is 7.39. The number of aromatic nitrogens is 3. The van der Waals surface area contributed by atoms with Crippen LogP contribution in [0, 0.1) is 0 Å². The molecule has 20 heavy (non-hydrogen) atoms. The van der Waals surface area contributed by atoms with Crippen molar-refractivity contribution in [3.05, 3.63) is 10.7 Å². The smallest absolute Gasteiger partial charge is 0.206 e. The van der Waals surface area contributed by atoms with Gasteiger partial charge in [0.15, 0.2) is 5.01 Å². The number of hydrogen-bond donors (Lipinski definition) is 1. The Morgan fingerprint density at radius 3 is 2.75 bits per heavy atom. The first kappa shape index (κ1) is 13.9. The maximum Gasteiger partial charge on any atom is 0.206 e. The number of nitrogens with zero attached hydrogens (tertiary/aromatic N) is 3. The van der Waals surface area contributed by atoms with Crippen LogP contribution in [0.25, 0.3) is 9.88 Å². The van der Waals surface area contributed by atoms with Crippen molar-refractivity contribution >= 4 is 27.8 Å². The molecule has 0 atom stereocenters. The fraction of sp³-hybridized carbons (Fsp3) is 0.643. The quantitative estimate of drug-likeness (QED) is 0.774. The molecule has 0 saturated heterocycles. The minimum absolute atomic E-state index is 0.668. The summed E-state index contributed by atoms with van der Waals surface area (Å²) in [5.41, 5.74) is 1.27. The Kier molecular flexibility index (Phi) is 4.31. The molecular formula is C14H20N4S2. The standard InChI is InChI=1S/C14H20N4S2/c1-3-5-8-15-14-18-17-13(20-14)12-11(9-6-7-9)16-10(4-2)19-12/h9H,3-8H2,1-2H3,(H,15,18). The number of nitrogens with one attached hydrogen (secondary N) is 1. The van der Waals surface area contributed by atoms with Gasteiger partial charge in [0.25, 0.3) is 0 Å². The minimum Gasteiger partial charge on any atom is -0.360 e. The predicted molar refractivity (Wildman–Crippen MR) is 85.8 cm³/mol. The van der Waals surface area contributed by atoms with Crippen LogP contribution in [0.4, 0.5) is 5.13 Å². The van der Waals surface area contributed by atoms with Crippen molar-refractivity contribution in [2.24, 2.45) is 0 Å². The Balaban J connectivity index is 1.79. The molecule has 3 rings (SSSR count). The van der Waals surface area contributed by atoms with E-state index in [0.717, 1.165) is 23.1 Å². The zero-order valence-corrected chi connectivity index (χ0v) is 13.6. The number of anilines is 1. The van der Waals surface area contributed by atoms with E-state index in [1.807, 2.05) is 0 Å². The predicted octanol–water partition coefficient (Wildman–Crippen LogP) is 4.31. The van der Waals surface area contributed by atoms with E-state index in [0.29, 0.717) is 5.92 Å². The summed E-state index contributed by atoms with van der Waals surface area (Å²) in [6.45, 7) is 5.33. The molecule has 0 amide bonds. The Morgan fingerprint density at radius 1 is 1.20 bits per heavy atom. The Bertz CT molecular complexity index is 571. The van der Waals surface area contributed by atoms with Gasteiger partial charge in [-0.3, -0.25) is 0 Å². The molecule has 1 fully saturated rings. The van der Waals surface area contributed by atoms with E-state index in [4.69, 9.17) is 4.98 Å². The fourth-order valence-electron chi connectivity index (χ4n) is 2.07. The molecule has 4 nitrogen and oxygen atoms in total. The topological polar surface area (TPSA) is 50.7 Å². The third-order valence-electron chi connectivity index (χ3n) is 3.39. The highest BCUT2D eigenvalue weighted by Gasteiger charge is 2.31. The van der Waals surface area contributed by atoms with Gasteiger partial charge in [0.05, 0.1) is 15.6 Å². The van der Waals surface area contributed by atoms with Crippen LogP contribution in [0.1, 0.15) is 56.2 Å². The van der Waals surface area contributed by atoms with Gasteiger partial charge in [-0.05, 0) is 25.7 Å². The Labute approximate surface area is 127 Å². The van der Waals surface area contributed by atoms with Crippen LogP contribution in [-0.4, -0.2) is 21.7 Å². The summed E-state index contributed by atoms with van der Waals surface area (Å²) >= 11 is 3.45. The van der Waals surface area contributed by atoms with E-state index in [9.17, 15) is 0 Å². The zero-order valence-electron chi connectivity index (χ0n) is 12.0. The third-order valence-corrected chi connectivity index (χ3v) is 5.64. The second-order valence-electron chi connectivity index (χ2n) is 5.14. The van der Waals surface area contributed by atoms with E-state index in [1.54, 1.807) is 22.7 Å². The zero-order chi connectivity index (χ0) is 13.9. The lowest BCUT2D eigenvalue weighted by atomic mass is 10.2. The van der Waals surface area contributed by atoms with E-state index >= 15 is 0 Å². The highest BCUT2D eigenvalue weighted by atomic mass is 32.1. The molecule has 0 unspecified atom stereocenters. The van der Waals surface area contributed by atoms with Crippen LogP contribution in [0.2, 0.25) is 0 Å². The van der Waals surface area contributed by atoms with Gasteiger partial charge in [-0.25, -0.2) is 4.98 Å². The average Bonchev–Trinajstić information content (AvgIpc) is 3.04. The third kappa shape index (κ3) is 3.01. The largest absolute Gasteiger partial charge is 0.360 e. The minimum atomic E-state index is 0.668. The molecule has 2 aromatic heterocycles. The van der Waals surface area contributed by atoms with Crippen LogP contribution in [0.15, 0.2) is 0 Å². The summed E-state index contributed by atoms with van der Waals surface area (Å²) in [7, 11) is 0. The maximum atomic E-state index is 4.79. The molecule has 0 aromatic carbocycles. The second-order valence-corrected chi connectivity index (χ2v) is 7.20. The summed E-state index contributed by atoms with van der Waals surface area (Å²) in [5, 5.41) is 15.1. The van der Waals surface area contributed by atoms with Crippen LogP contribution in [0.5, 0.6) is 0 Å². The average molecular weight is 308 g/mol. The van der Waals surface area contributed by atoms with E-state index < -0.39 is 0 Å². The molecular weight excluding hydrogens is 288 g/mol. The number of thiazole rings is 1. The fourth-order valence-corrected chi connectivity index (χ4v) is 4.01. The van der Waals surface area contributed by atoms with Crippen LogP contribution in [0.3, 0.4) is 0 Å². The molecule has 1 aliphatic rings. The normalized spacial score (nSPS) is 14.7. The van der Waals surface area contributed by atoms with Gasteiger partial charge in [0, 0.05) is 12.5 Å². The van der Waals surface area contributed by atoms with Gasteiger partial charge in [-0.2, -0.15) is 0 Å². The van der Waals surface area contributed by atoms with Gasteiger partial charge in [-0.15, -0.1) is 21.5 Å². The first-order chi connectivity index (χ1) is 9.81. The molecule has 108 valence electrons. The highest BCUT2D eigenvalue weighted by molar-refractivity contribution is 7.23. The lowest BCUT2D eigenvalue weighted by Gasteiger charge is -1.98. The summed E-state index contributed by atoms with van der Waals surface area (Å²) < 4.78 is 0. The molecule has 0 bridgehead atoms. The van der Waals surface area contributed by atoms with Crippen LogP contribution >= 0.6 is 22.7 Å². The molecule has 6 heteroatoms. The molecule has 0 spiro atoms. The molecule has 0 aliphatic heterocycles. The Hall–Kier alpha value is -1.01.